The maximum Gasteiger partial charge on any atom is 0.309 e. The van der Waals surface area contributed by atoms with Crippen molar-refractivity contribution < 1.29 is 28.6 Å². The van der Waals surface area contributed by atoms with Crippen LogP contribution in [0.2, 0.25) is 0 Å². The van der Waals surface area contributed by atoms with Crippen LogP contribution in [0, 0.1) is 62.0 Å². The molecule has 2 aromatic heterocycles. The number of hydrogen-bond acceptors (Lipinski definition) is 9. The summed E-state index contributed by atoms with van der Waals surface area (Å²) in [5, 5.41) is 18.8. The first-order valence-electron chi connectivity index (χ1n) is 21.0. The van der Waals surface area contributed by atoms with Crippen LogP contribution < -0.4 is 5.73 Å². The Morgan fingerprint density at radius 2 is 1.68 bits per heavy atom. The fourth-order valence-electron chi connectivity index (χ4n) is 13.5. The molecule has 3 N–H and O–H groups in total. The van der Waals surface area contributed by atoms with Gasteiger partial charge in [-0.25, -0.2) is 14.4 Å². The average Bonchev–Trinajstić information content (AvgIpc) is 3.63. The monoisotopic (exact) mass is 774 g/mol. The van der Waals surface area contributed by atoms with Gasteiger partial charge in [-0.15, -0.1) is 10.2 Å². The standard InChI is InChI=1S/C44H63FN6O5/c1-25(2)34-28(52)20-44(21-32-49-50-37(51(32)19-18-46)36-47-23-26(45)24-48-36)17-16-42(8)27(35(34)44)10-11-30-41(7)14-13-31(56-33(53)22-39(3,4)38(54)55)40(5,6)29(41)12-15-43(30,42)9/h23-25,27,29-31H,10-22,46H2,1-9H3,(H,54,55)/t27-,29+,30-,31+,41+,42-,43-,44+/m1/s1. The van der Waals surface area contributed by atoms with Gasteiger partial charge in [0, 0.05) is 36.8 Å². The van der Waals surface area contributed by atoms with E-state index in [1.54, 1.807) is 13.8 Å². The molecule has 4 saturated carbocycles. The van der Waals surface area contributed by atoms with E-state index in [1.165, 1.54) is 5.57 Å². The van der Waals surface area contributed by atoms with Crippen molar-refractivity contribution in [1.29, 1.82) is 0 Å². The molecule has 12 heteroatoms. The predicted molar refractivity (Wildman–Crippen MR) is 209 cm³/mol. The minimum Gasteiger partial charge on any atom is -0.481 e. The van der Waals surface area contributed by atoms with Gasteiger partial charge < -0.3 is 20.1 Å². The van der Waals surface area contributed by atoms with Crippen LogP contribution in [0.1, 0.15) is 132 Å². The summed E-state index contributed by atoms with van der Waals surface area (Å²) in [5.41, 5.74) is 6.73. The Kier molecular flexibility index (Phi) is 10.0. The molecule has 0 spiro atoms. The Morgan fingerprint density at radius 1 is 0.982 bits per heavy atom. The van der Waals surface area contributed by atoms with Gasteiger partial charge in [-0.3, -0.25) is 14.4 Å². The van der Waals surface area contributed by atoms with E-state index in [2.05, 4.69) is 68.6 Å². The number of ether oxygens (including phenoxy) is 1. The molecule has 7 rings (SSSR count). The lowest BCUT2D eigenvalue weighted by molar-refractivity contribution is -0.233. The highest BCUT2D eigenvalue weighted by atomic mass is 19.1. The minimum atomic E-state index is -1.18. The summed E-state index contributed by atoms with van der Waals surface area (Å²) >= 11 is 0. The molecule has 0 amide bonds. The molecule has 8 atom stereocenters. The van der Waals surface area contributed by atoms with Crippen molar-refractivity contribution in [2.75, 3.05) is 6.54 Å². The van der Waals surface area contributed by atoms with Gasteiger partial charge in [-0.1, -0.05) is 54.0 Å². The molecule has 56 heavy (non-hydrogen) atoms. The van der Waals surface area contributed by atoms with Crippen LogP contribution in [0.15, 0.2) is 23.5 Å². The Balaban J connectivity index is 1.20. The third-order valence-corrected chi connectivity index (χ3v) is 16.4. The lowest BCUT2D eigenvalue weighted by atomic mass is 9.33. The fourth-order valence-corrected chi connectivity index (χ4v) is 13.5. The molecule has 4 fully saturated rings. The zero-order valence-electron chi connectivity index (χ0n) is 35.0. The number of ketones is 1. The number of aliphatic carboxylic acids is 1. The number of carbonyl (C=O) groups excluding carboxylic acids is 2. The summed E-state index contributed by atoms with van der Waals surface area (Å²) in [6, 6.07) is 0. The number of aromatic nitrogens is 5. The molecular formula is C44H63FN6O5. The Morgan fingerprint density at radius 3 is 2.32 bits per heavy atom. The zero-order valence-corrected chi connectivity index (χ0v) is 35.0. The smallest absolute Gasteiger partial charge is 0.309 e. The van der Waals surface area contributed by atoms with E-state index in [0.29, 0.717) is 49.4 Å². The second-order valence-corrected chi connectivity index (χ2v) is 20.5. The van der Waals surface area contributed by atoms with Crippen molar-refractivity contribution in [2.45, 2.75) is 146 Å². The summed E-state index contributed by atoms with van der Waals surface area (Å²) in [6.07, 6.45) is 10.7. The number of fused-ring (bicyclic) bond motifs is 7. The molecular weight excluding hydrogens is 712 g/mol. The Hall–Kier alpha value is -3.54. The minimum absolute atomic E-state index is 0.0264. The number of rotatable bonds is 10. The number of esters is 1. The molecule has 5 aliphatic carbocycles. The Bertz CT molecular complexity index is 1940. The van der Waals surface area contributed by atoms with Gasteiger partial charge in [0.2, 0.25) is 5.82 Å². The fraction of sp³-hybridized carbons (Fsp3) is 0.750. The van der Waals surface area contributed by atoms with Gasteiger partial charge in [-0.2, -0.15) is 0 Å². The largest absolute Gasteiger partial charge is 0.481 e. The van der Waals surface area contributed by atoms with Gasteiger partial charge in [0.15, 0.2) is 17.4 Å². The molecule has 0 unspecified atom stereocenters. The van der Waals surface area contributed by atoms with Crippen molar-refractivity contribution in [2.24, 2.45) is 61.9 Å². The van der Waals surface area contributed by atoms with E-state index in [0.717, 1.165) is 75.2 Å². The van der Waals surface area contributed by atoms with E-state index < -0.39 is 23.2 Å². The molecule has 2 heterocycles. The van der Waals surface area contributed by atoms with Crippen molar-refractivity contribution in [3.63, 3.8) is 0 Å². The molecule has 5 aliphatic rings. The summed E-state index contributed by atoms with van der Waals surface area (Å²) in [6.45, 7) is 20.4. The molecule has 0 aromatic carbocycles. The molecule has 306 valence electrons. The number of hydrogen-bond donors (Lipinski definition) is 2. The van der Waals surface area contributed by atoms with Crippen molar-refractivity contribution >= 4 is 17.7 Å². The van der Waals surface area contributed by atoms with Crippen LogP contribution in [0.4, 0.5) is 4.39 Å². The van der Waals surface area contributed by atoms with Gasteiger partial charge in [0.05, 0.1) is 24.2 Å². The summed E-state index contributed by atoms with van der Waals surface area (Å²) < 4.78 is 21.9. The molecule has 0 saturated heterocycles. The molecule has 0 aliphatic heterocycles. The summed E-state index contributed by atoms with van der Waals surface area (Å²) in [5.74, 6) is 0.993. The van der Waals surface area contributed by atoms with Gasteiger partial charge in [0.25, 0.3) is 0 Å². The van der Waals surface area contributed by atoms with E-state index in [4.69, 9.17) is 10.5 Å². The number of nitrogens with two attached hydrogens (primary N) is 1. The van der Waals surface area contributed by atoms with Crippen LogP contribution in [0.5, 0.6) is 0 Å². The van der Waals surface area contributed by atoms with E-state index in [9.17, 15) is 23.9 Å². The highest BCUT2D eigenvalue weighted by Crippen LogP contribution is 2.77. The number of carbonyl (C=O) groups is 3. The predicted octanol–water partition coefficient (Wildman–Crippen LogP) is 7.77. The lowest BCUT2D eigenvalue weighted by Gasteiger charge is -2.72. The number of carboxylic acids is 1. The molecule has 0 bridgehead atoms. The Labute approximate surface area is 331 Å². The lowest BCUT2D eigenvalue weighted by Crippen LogP contribution is -2.65. The number of Topliss-reactive ketones (excluding diaryl/α,β-unsaturated/α-hetero) is 1. The van der Waals surface area contributed by atoms with Gasteiger partial charge in [0.1, 0.15) is 11.9 Å². The zero-order chi connectivity index (χ0) is 40.8. The average molecular weight is 775 g/mol. The second kappa shape index (κ2) is 13.8. The van der Waals surface area contributed by atoms with Gasteiger partial charge in [-0.05, 0) is 111 Å². The van der Waals surface area contributed by atoms with Gasteiger partial charge >= 0.3 is 11.9 Å². The molecule has 11 nitrogen and oxygen atoms in total. The van der Waals surface area contributed by atoms with E-state index in [1.807, 2.05) is 4.57 Å². The first-order chi connectivity index (χ1) is 26.1. The first-order valence-corrected chi connectivity index (χ1v) is 21.0. The highest BCUT2D eigenvalue weighted by Gasteiger charge is 2.70. The van der Waals surface area contributed by atoms with E-state index in [-0.39, 0.29) is 57.2 Å². The van der Waals surface area contributed by atoms with Crippen molar-refractivity contribution in [3.8, 4) is 11.6 Å². The van der Waals surface area contributed by atoms with Crippen LogP contribution in [0.25, 0.3) is 11.6 Å². The number of halogens is 1. The number of nitrogens with zero attached hydrogens (tertiary/aromatic N) is 5. The maximum atomic E-state index is 14.3. The van der Waals surface area contributed by atoms with E-state index >= 15 is 0 Å². The van der Waals surface area contributed by atoms with Crippen molar-refractivity contribution in [3.05, 3.63) is 35.2 Å². The molecule has 0 radical (unpaired) electrons. The number of allylic oxidation sites excluding steroid dienone is 2. The summed E-state index contributed by atoms with van der Waals surface area (Å²) in [4.78, 5) is 47.6. The van der Waals surface area contributed by atoms with Crippen LogP contribution in [0.3, 0.4) is 0 Å². The van der Waals surface area contributed by atoms with Crippen molar-refractivity contribution in [1.82, 2.24) is 24.7 Å². The topological polar surface area (TPSA) is 163 Å². The third kappa shape index (κ3) is 6.08. The van der Waals surface area contributed by atoms with Crippen LogP contribution in [-0.2, 0) is 32.1 Å². The van der Waals surface area contributed by atoms with Crippen LogP contribution in [-0.4, -0.2) is 60.2 Å². The molecule has 2 aromatic rings. The quantitative estimate of drug-likeness (QED) is 0.228. The first kappa shape index (κ1) is 40.6. The highest BCUT2D eigenvalue weighted by molar-refractivity contribution is 6.00. The van der Waals surface area contributed by atoms with Crippen LogP contribution >= 0.6 is 0 Å². The maximum absolute atomic E-state index is 14.3. The SMILES string of the molecule is CC(C)C1=C2[C@H]3CC[C@@H]4[C@@]5(C)CC[C@H](OC(=O)CC(C)(C)C(=O)O)C(C)(C)[C@@H]5CC[C@@]4(C)[C@]3(C)CC[C@@]2(Cc2nnc(-c3ncc(F)cn3)n2CCN)CC1=O. The third-order valence-electron chi connectivity index (χ3n) is 16.4. The second-order valence-electron chi connectivity index (χ2n) is 20.5. The number of carboxylic acid groups (broad SMARTS) is 1. The normalized spacial score (nSPS) is 35.1. The summed E-state index contributed by atoms with van der Waals surface area (Å²) in [7, 11) is 0.